The number of nitrogens with one attached hydrogen (secondary N) is 1. The zero-order chi connectivity index (χ0) is 12.8. The van der Waals surface area contributed by atoms with Gasteiger partial charge in [-0.05, 0) is 18.5 Å². The van der Waals surface area contributed by atoms with Crippen LogP contribution in [0, 0.1) is 0 Å². The van der Waals surface area contributed by atoms with Gasteiger partial charge in [0.05, 0.1) is 6.10 Å². The van der Waals surface area contributed by atoms with Crippen LogP contribution in [0.25, 0.3) is 0 Å². The monoisotopic (exact) mass is 248 g/mol. The van der Waals surface area contributed by atoms with Gasteiger partial charge in [-0.1, -0.05) is 43.7 Å². The van der Waals surface area contributed by atoms with Crippen molar-refractivity contribution in [3.63, 3.8) is 0 Å². The zero-order valence-corrected chi connectivity index (χ0v) is 11.2. The van der Waals surface area contributed by atoms with E-state index in [9.17, 15) is 5.11 Å². The lowest BCUT2D eigenvalue weighted by molar-refractivity contribution is 0.153. The summed E-state index contributed by atoms with van der Waals surface area (Å²) < 4.78 is 0. The second kappa shape index (κ2) is 6.88. The Bertz CT molecular complexity index is 342. The third-order valence-electron chi connectivity index (χ3n) is 3.55. The van der Waals surface area contributed by atoms with E-state index in [0.717, 1.165) is 26.2 Å². The highest BCUT2D eigenvalue weighted by molar-refractivity contribution is 5.14. The summed E-state index contributed by atoms with van der Waals surface area (Å²) in [6.45, 7) is 5.86. The molecule has 2 unspecified atom stereocenters. The molecule has 1 saturated heterocycles. The third kappa shape index (κ3) is 3.80. The first-order chi connectivity index (χ1) is 8.79. The van der Waals surface area contributed by atoms with Crippen LogP contribution in [0.3, 0.4) is 0 Å². The summed E-state index contributed by atoms with van der Waals surface area (Å²) >= 11 is 0. The molecule has 3 nitrogen and oxygen atoms in total. The Kier molecular flexibility index (Phi) is 5.17. The fraction of sp³-hybridized carbons (Fsp3) is 0.600. The highest BCUT2D eigenvalue weighted by Crippen LogP contribution is 2.14. The van der Waals surface area contributed by atoms with E-state index in [4.69, 9.17) is 0 Å². The number of aliphatic hydroxyl groups is 1. The van der Waals surface area contributed by atoms with Crippen molar-refractivity contribution in [2.75, 3.05) is 19.6 Å². The molecule has 0 saturated carbocycles. The largest absolute Gasteiger partial charge is 0.390 e. The fourth-order valence-electron chi connectivity index (χ4n) is 2.50. The van der Waals surface area contributed by atoms with Gasteiger partial charge in [0, 0.05) is 25.7 Å². The van der Waals surface area contributed by atoms with Crippen molar-refractivity contribution < 1.29 is 5.11 Å². The second-order valence-corrected chi connectivity index (χ2v) is 5.16. The van der Waals surface area contributed by atoms with Crippen molar-refractivity contribution in [2.45, 2.75) is 38.5 Å². The first kappa shape index (κ1) is 13.5. The van der Waals surface area contributed by atoms with Crippen molar-refractivity contribution in [1.82, 2.24) is 10.2 Å². The summed E-state index contributed by atoms with van der Waals surface area (Å²) in [7, 11) is 0. The first-order valence-corrected chi connectivity index (χ1v) is 6.97. The molecule has 0 aliphatic carbocycles. The Morgan fingerprint density at radius 3 is 2.78 bits per heavy atom. The topological polar surface area (TPSA) is 35.5 Å². The van der Waals surface area contributed by atoms with Crippen molar-refractivity contribution in [1.29, 1.82) is 0 Å². The molecule has 1 aromatic carbocycles. The molecule has 2 atom stereocenters. The maximum atomic E-state index is 10.0. The van der Waals surface area contributed by atoms with Crippen LogP contribution in [-0.4, -0.2) is 41.8 Å². The van der Waals surface area contributed by atoms with Gasteiger partial charge in [0.1, 0.15) is 0 Å². The van der Waals surface area contributed by atoms with Crippen LogP contribution < -0.4 is 5.32 Å². The molecule has 1 heterocycles. The highest BCUT2D eigenvalue weighted by atomic mass is 16.3. The minimum Gasteiger partial charge on any atom is -0.390 e. The number of rotatable bonds is 6. The van der Waals surface area contributed by atoms with Crippen molar-refractivity contribution in [3.05, 3.63) is 35.9 Å². The molecule has 0 bridgehead atoms. The fourth-order valence-corrected chi connectivity index (χ4v) is 2.50. The van der Waals surface area contributed by atoms with Gasteiger partial charge >= 0.3 is 0 Å². The van der Waals surface area contributed by atoms with E-state index in [-0.39, 0.29) is 12.1 Å². The third-order valence-corrected chi connectivity index (χ3v) is 3.55. The van der Waals surface area contributed by atoms with Gasteiger partial charge < -0.3 is 10.4 Å². The Labute approximate surface area is 110 Å². The van der Waals surface area contributed by atoms with E-state index in [1.807, 2.05) is 6.07 Å². The molecule has 1 aliphatic heterocycles. The summed E-state index contributed by atoms with van der Waals surface area (Å²) in [4.78, 5) is 2.32. The van der Waals surface area contributed by atoms with Gasteiger partial charge in [0.25, 0.3) is 0 Å². The smallest absolute Gasteiger partial charge is 0.0832 e. The Morgan fingerprint density at radius 1 is 1.28 bits per heavy atom. The van der Waals surface area contributed by atoms with Crippen LogP contribution in [0.2, 0.25) is 0 Å². The second-order valence-electron chi connectivity index (χ2n) is 5.16. The summed E-state index contributed by atoms with van der Waals surface area (Å²) in [5, 5.41) is 13.5. The molecule has 0 spiro atoms. The number of likely N-dealkylation sites (tertiary alicyclic amines) is 1. The van der Waals surface area contributed by atoms with Crippen LogP contribution in [0.1, 0.15) is 25.3 Å². The molecule has 1 aromatic rings. The van der Waals surface area contributed by atoms with E-state index in [2.05, 4.69) is 41.4 Å². The predicted molar refractivity (Wildman–Crippen MR) is 74.4 cm³/mol. The van der Waals surface area contributed by atoms with E-state index in [0.29, 0.717) is 0 Å². The number of nitrogens with zero attached hydrogens (tertiary/aromatic N) is 1. The molecule has 0 radical (unpaired) electrons. The lowest BCUT2D eigenvalue weighted by Gasteiger charge is -2.16. The van der Waals surface area contributed by atoms with E-state index in [1.165, 1.54) is 18.4 Å². The van der Waals surface area contributed by atoms with Crippen LogP contribution in [0.4, 0.5) is 0 Å². The number of benzene rings is 1. The molecule has 2 N–H and O–H groups in total. The quantitative estimate of drug-likeness (QED) is 0.751. The van der Waals surface area contributed by atoms with Crippen LogP contribution in [0.5, 0.6) is 0 Å². The van der Waals surface area contributed by atoms with Crippen LogP contribution >= 0.6 is 0 Å². The highest BCUT2D eigenvalue weighted by Gasteiger charge is 2.30. The van der Waals surface area contributed by atoms with Gasteiger partial charge in [-0.3, -0.25) is 4.90 Å². The molecule has 100 valence electrons. The van der Waals surface area contributed by atoms with Gasteiger partial charge in [0.15, 0.2) is 0 Å². The molecule has 0 aromatic heterocycles. The predicted octanol–water partition coefficient (Wildman–Crippen LogP) is 1.62. The van der Waals surface area contributed by atoms with Crippen molar-refractivity contribution >= 4 is 0 Å². The Morgan fingerprint density at radius 2 is 2.06 bits per heavy atom. The number of hydrogen-bond donors (Lipinski definition) is 2. The normalized spacial score (nSPS) is 24.6. The molecular weight excluding hydrogens is 224 g/mol. The Balaban J connectivity index is 1.79. The van der Waals surface area contributed by atoms with E-state index < -0.39 is 0 Å². The van der Waals surface area contributed by atoms with E-state index in [1.54, 1.807) is 0 Å². The van der Waals surface area contributed by atoms with Gasteiger partial charge in [-0.2, -0.15) is 0 Å². The minimum atomic E-state index is -0.231. The maximum Gasteiger partial charge on any atom is 0.0832 e. The van der Waals surface area contributed by atoms with Gasteiger partial charge in [-0.15, -0.1) is 0 Å². The molecular formula is C15H24N2O. The summed E-state index contributed by atoms with van der Waals surface area (Å²) in [6.07, 6.45) is 2.15. The summed E-state index contributed by atoms with van der Waals surface area (Å²) in [5.74, 6) is 0. The SMILES string of the molecule is CCCCNC1CN(Cc2ccccc2)CC1O. The minimum absolute atomic E-state index is 0.231. The zero-order valence-electron chi connectivity index (χ0n) is 11.2. The van der Waals surface area contributed by atoms with Gasteiger partial charge in [0.2, 0.25) is 0 Å². The summed E-state index contributed by atoms with van der Waals surface area (Å²) in [5.41, 5.74) is 1.32. The molecule has 2 rings (SSSR count). The molecule has 0 amide bonds. The average Bonchev–Trinajstić information content (AvgIpc) is 2.71. The standard InChI is InChI=1S/C15H24N2O/c1-2-3-9-16-14-11-17(12-15(14)18)10-13-7-5-4-6-8-13/h4-8,14-16,18H,2-3,9-12H2,1H3. The molecule has 1 fully saturated rings. The van der Waals surface area contributed by atoms with Crippen LogP contribution in [-0.2, 0) is 6.54 Å². The van der Waals surface area contributed by atoms with Crippen LogP contribution in [0.15, 0.2) is 30.3 Å². The maximum absolute atomic E-state index is 10.0. The van der Waals surface area contributed by atoms with Crippen molar-refractivity contribution in [3.8, 4) is 0 Å². The number of hydrogen-bond acceptors (Lipinski definition) is 3. The number of β-amino-alcohol motifs (C(OH)–C–C–N with tert-alkyl or cyclic N) is 1. The average molecular weight is 248 g/mol. The van der Waals surface area contributed by atoms with E-state index >= 15 is 0 Å². The Hall–Kier alpha value is -0.900. The molecule has 3 heteroatoms. The number of unbranched alkanes of at least 4 members (excludes halogenated alkanes) is 1. The number of aliphatic hydroxyl groups excluding tert-OH is 1. The molecule has 1 aliphatic rings. The lowest BCUT2D eigenvalue weighted by atomic mass is 10.2. The lowest BCUT2D eigenvalue weighted by Crippen LogP contribution is -2.39. The van der Waals surface area contributed by atoms with Gasteiger partial charge in [-0.25, -0.2) is 0 Å². The van der Waals surface area contributed by atoms with Crippen molar-refractivity contribution in [2.24, 2.45) is 0 Å². The molecule has 18 heavy (non-hydrogen) atoms. The first-order valence-electron chi connectivity index (χ1n) is 6.97. The summed E-state index contributed by atoms with van der Waals surface area (Å²) in [6, 6.07) is 10.7.